The Kier molecular flexibility index (Phi) is 14.1. The van der Waals surface area contributed by atoms with Crippen LogP contribution in [0.4, 0.5) is 4.79 Å². The molecular formula is C25H39IN2O5. The lowest BCUT2D eigenvalue weighted by molar-refractivity contribution is -0.146. The van der Waals surface area contributed by atoms with Gasteiger partial charge >= 0.3 is 12.1 Å². The molecule has 2 amide bonds. The number of methoxy groups -OCH3 is 1. The Bertz CT molecular complexity index is 731. The van der Waals surface area contributed by atoms with Crippen molar-refractivity contribution in [1.82, 2.24) is 10.6 Å². The third-order valence-electron chi connectivity index (χ3n) is 5.02. The summed E-state index contributed by atoms with van der Waals surface area (Å²) in [5.74, 6) is -0.378. The van der Waals surface area contributed by atoms with Crippen LogP contribution in [0.15, 0.2) is 24.3 Å². The van der Waals surface area contributed by atoms with Gasteiger partial charge in [0.15, 0.2) is 0 Å². The van der Waals surface area contributed by atoms with E-state index in [0.717, 1.165) is 32.1 Å². The van der Waals surface area contributed by atoms with E-state index in [2.05, 4.69) is 57.5 Å². The Morgan fingerprint density at radius 2 is 1.58 bits per heavy atom. The molecule has 0 unspecified atom stereocenters. The number of rotatable bonds is 14. The molecular weight excluding hydrogens is 535 g/mol. The number of aryl methyl sites for hydroxylation is 1. The van der Waals surface area contributed by atoms with Crippen molar-refractivity contribution >= 4 is 40.6 Å². The number of hydrogen-bond acceptors (Lipinski definition) is 5. The minimum atomic E-state index is -0.518. The van der Waals surface area contributed by atoms with E-state index in [1.165, 1.54) is 16.2 Å². The van der Waals surface area contributed by atoms with Crippen LogP contribution in [0.5, 0.6) is 0 Å². The van der Waals surface area contributed by atoms with Gasteiger partial charge in [-0.05, 0) is 99.6 Å². The molecule has 2 N–H and O–H groups in total. The smallest absolute Gasteiger partial charge is 0.407 e. The van der Waals surface area contributed by atoms with E-state index >= 15 is 0 Å². The van der Waals surface area contributed by atoms with Gasteiger partial charge in [-0.2, -0.15) is 0 Å². The van der Waals surface area contributed by atoms with E-state index < -0.39 is 11.7 Å². The van der Waals surface area contributed by atoms with Crippen LogP contribution >= 0.6 is 22.6 Å². The molecule has 1 atom stereocenters. The van der Waals surface area contributed by atoms with Crippen LogP contribution in [0.1, 0.15) is 71.3 Å². The van der Waals surface area contributed by atoms with Gasteiger partial charge in [-0.1, -0.05) is 18.6 Å². The second-order valence-electron chi connectivity index (χ2n) is 9.12. The molecule has 1 rings (SSSR count). The minimum Gasteiger partial charge on any atom is -0.469 e. The summed E-state index contributed by atoms with van der Waals surface area (Å²) in [5, 5.41) is 5.67. The van der Waals surface area contributed by atoms with Crippen molar-refractivity contribution in [3.63, 3.8) is 0 Å². The highest BCUT2D eigenvalue weighted by Gasteiger charge is 2.19. The molecule has 33 heavy (non-hydrogen) atoms. The van der Waals surface area contributed by atoms with E-state index in [4.69, 9.17) is 9.47 Å². The van der Waals surface area contributed by atoms with Gasteiger partial charge in [0.25, 0.3) is 0 Å². The largest absolute Gasteiger partial charge is 0.469 e. The predicted molar refractivity (Wildman–Crippen MR) is 138 cm³/mol. The number of amides is 2. The number of unbranched alkanes of at least 4 members (excludes halogenated alkanes) is 1. The van der Waals surface area contributed by atoms with Crippen LogP contribution in [-0.2, 0) is 25.5 Å². The van der Waals surface area contributed by atoms with Crippen LogP contribution < -0.4 is 10.6 Å². The summed E-state index contributed by atoms with van der Waals surface area (Å²) in [7, 11) is 1.40. The highest BCUT2D eigenvalue weighted by molar-refractivity contribution is 14.1. The number of hydrogen-bond donors (Lipinski definition) is 2. The molecule has 186 valence electrons. The summed E-state index contributed by atoms with van der Waals surface area (Å²) in [4.78, 5) is 35.8. The third kappa shape index (κ3) is 14.8. The van der Waals surface area contributed by atoms with Crippen molar-refractivity contribution in [1.29, 1.82) is 0 Å². The standard InChI is InChI=1S/C25H39IN2O5/c1-25(2,3)33-24(31)28-17-6-5-10-20(23(30)32-4)11-8-18-27-22(29)12-7-9-19-13-15-21(26)16-14-19/h13-16,20H,5-12,17-18H2,1-4H3,(H,27,29)(H,28,31)/t20-/m1/s1. The Morgan fingerprint density at radius 3 is 2.21 bits per heavy atom. The van der Waals surface area contributed by atoms with Crippen molar-refractivity contribution < 1.29 is 23.9 Å². The zero-order valence-electron chi connectivity index (χ0n) is 20.4. The van der Waals surface area contributed by atoms with E-state index in [1.54, 1.807) is 0 Å². The molecule has 0 saturated carbocycles. The molecule has 7 nitrogen and oxygen atoms in total. The van der Waals surface area contributed by atoms with Crippen LogP contribution in [0.3, 0.4) is 0 Å². The first kappa shape index (κ1) is 29.2. The van der Waals surface area contributed by atoms with Crippen molar-refractivity contribution in [3.05, 3.63) is 33.4 Å². The molecule has 0 aromatic heterocycles. The van der Waals surface area contributed by atoms with Gasteiger partial charge in [0.2, 0.25) is 5.91 Å². The lowest BCUT2D eigenvalue weighted by atomic mass is 9.96. The number of alkyl carbamates (subject to hydrolysis) is 1. The molecule has 0 aliphatic heterocycles. The van der Waals surface area contributed by atoms with Crippen molar-refractivity contribution in [2.24, 2.45) is 5.92 Å². The monoisotopic (exact) mass is 574 g/mol. The first-order chi connectivity index (χ1) is 15.6. The molecule has 0 fully saturated rings. The van der Waals surface area contributed by atoms with Gasteiger partial charge < -0.3 is 20.1 Å². The topological polar surface area (TPSA) is 93.7 Å². The fourth-order valence-electron chi connectivity index (χ4n) is 3.34. The number of benzene rings is 1. The minimum absolute atomic E-state index is 0.0448. The Morgan fingerprint density at radius 1 is 0.939 bits per heavy atom. The first-order valence-corrected chi connectivity index (χ1v) is 12.7. The Labute approximate surface area is 211 Å². The van der Waals surface area contributed by atoms with Crippen molar-refractivity contribution in [2.75, 3.05) is 20.2 Å². The molecule has 0 bridgehead atoms. The number of halogens is 1. The molecule has 8 heteroatoms. The summed E-state index contributed by atoms with van der Waals surface area (Å²) >= 11 is 2.28. The van der Waals surface area contributed by atoms with Crippen LogP contribution in [0.2, 0.25) is 0 Å². The van der Waals surface area contributed by atoms with Crippen LogP contribution in [0.25, 0.3) is 0 Å². The van der Waals surface area contributed by atoms with Gasteiger partial charge in [0.05, 0.1) is 13.0 Å². The highest BCUT2D eigenvalue weighted by Crippen LogP contribution is 2.16. The normalized spacial score (nSPS) is 12.0. The second-order valence-corrected chi connectivity index (χ2v) is 10.4. The van der Waals surface area contributed by atoms with Crippen LogP contribution in [-0.4, -0.2) is 43.8 Å². The SMILES string of the molecule is COC(=O)[C@H](CCCCNC(=O)OC(C)(C)C)CCCNC(=O)CCCc1ccc(I)cc1. The molecule has 0 aliphatic rings. The summed E-state index contributed by atoms with van der Waals surface area (Å²) in [6.07, 6.45) is 5.38. The van der Waals surface area contributed by atoms with Crippen molar-refractivity contribution in [2.45, 2.75) is 77.7 Å². The number of carbonyl (C=O) groups is 3. The molecule has 0 saturated heterocycles. The summed E-state index contributed by atoms with van der Waals surface area (Å²) in [6, 6.07) is 8.34. The number of nitrogens with one attached hydrogen (secondary N) is 2. The van der Waals surface area contributed by atoms with Crippen molar-refractivity contribution in [3.8, 4) is 0 Å². The summed E-state index contributed by atoms with van der Waals surface area (Å²) < 4.78 is 11.3. The highest BCUT2D eigenvalue weighted by atomic mass is 127. The Balaban J connectivity index is 2.18. The van der Waals surface area contributed by atoms with Gasteiger partial charge in [-0.25, -0.2) is 4.79 Å². The fraction of sp³-hybridized carbons (Fsp3) is 0.640. The molecule has 1 aromatic carbocycles. The number of ether oxygens (including phenoxy) is 2. The first-order valence-electron chi connectivity index (χ1n) is 11.7. The van der Waals surface area contributed by atoms with E-state index in [9.17, 15) is 14.4 Å². The fourth-order valence-corrected chi connectivity index (χ4v) is 3.70. The lowest BCUT2D eigenvalue weighted by Crippen LogP contribution is -2.33. The van der Waals surface area contributed by atoms with E-state index in [0.29, 0.717) is 32.4 Å². The number of esters is 1. The Hall–Kier alpha value is -1.84. The average molecular weight is 575 g/mol. The molecule has 1 aromatic rings. The zero-order chi connectivity index (χ0) is 24.7. The maximum absolute atomic E-state index is 12.1. The summed E-state index contributed by atoms with van der Waals surface area (Å²) in [5.41, 5.74) is 0.724. The maximum Gasteiger partial charge on any atom is 0.407 e. The van der Waals surface area contributed by atoms with E-state index in [-0.39, 0.29) is 17.8 Å². The molecule has 0 heterocycles. The van der Waals surface area contributed by atoms with E-state index in [1.807, 2.05) is 20.8 Å². The van der Waals surface area contributed by atoms with Gasteiger partial charge in [-0.3, -0.25) is 9.59 Å². The quantitative estimate of drug-likeness (QED) is 0.186. The average Bonchev–Trinajstić information content (AvgIpc) is 2.74. The third-order valence-corrected chi connectivity index (χ3v) is 5.74. The summed E-state index contributed by atoms with van der Waals surface area (Å²) in [6.45, 7) is 6.51. The molecule has 0 radical (unpaired) electrons. The van der Waals surface area contributed by atoms with Gasteiger partial charge in [0, 0.05) is 23.1 Å². The lowest BCUT2D eigenvalue weighted by Gasteiger charge is -2.19. The van der Waals surface area contributed by atoms with Crippen LogP contribution in [0, 0.1) is 9.49 Å². The molecule has 0 aliphatic carbocycles. The maximum atomic E-state index is 12.1. The van der Waals surface area contributed by atoms with Gasteiger partial charge in [0.1, 0.15) is 5.60 Å². The second kappa shape index (κ2) is 15.9. The predicted octanol–water partition coefficient (Wildman–Crippen LogP) is 4.99. The van der Waals surface area contributed by atoms with Gasteiger partial charge in [-0.15, -0.1) is 0 Å². The number of carbonyl (C=O) groups excluding carboxylic acids is 3. The molecule has 0 spiro atoms. The zero-order valence-corrected chi connectivity index (χ0v) is 22.5.